The minimum Gasteiger partial charge on any atom is -0.455 e. The molecule has 0 saturated heterocycles. The number of halogens is 3. The monoisotopic (exact) mass is 353 g/mol. The highest BCUT2D eigenvalue weighted by atomic mass is 32.1. The molecule has 0 atom stereocenters. The molecule has 24 heavy (non-hydrogen) atoms. The average Bonchev–Trinajstić information content (AvgIpc) is 3.01. The Morgan fingerprint density at radius 1 is 1.29 bits per heavy atom. The zero-order valence-corrected chi connectivity index (χ0v) is 13.2. The fourth-order valence-electron chi connectivity index (χ4n) is 1.79. The second-order valence-corrected chi connectivity index (χ2v) is 5.06. The van der Waals surface area contributed by atoms with Gasteiger partial charge in [0.25, 0.3) is 0 Å². The van der Waals surface area contributed by atoms with E-state index in [1.165, 1.54) is 12.3 Å². The van der Waals surface area contributed by atoms with Gasteiger partial charge in [0.1, 0.15) is 11.5 Å². The number of alkyl halides is 3. The van der Waals surface area contributed by atoms with Crippen LogP contribution in [0.3, 0.4) is 0 Å². The van der Waals surface area contributed by atoms with Gasteiger partial charge in [-0.05, 0) is 36.5 Å². The molecule has 0 aliphatic heterocycles. The molecular formula is C16H14F3N3OS. The van der Waals surface area contributed by atoms with Crippen LogP contribution in [-0.4, -0.2) is 17.9 Å². The molecular weight excluding hydrogens is 339 g/mol. The molecule has 0 aliphatic carbocycles. The number of nitrogens with zero attached hydrogens (tertiary/aromatic N) is 1. The number of benzene rings is 1. The summed E-state index contributed by atoms with van der Waals surface area (Å²) in [6, 6.07) is 8.09. The minimum atomic E-state index is -4.40. The van der Waals surface area contributed by atoms with Crippen molar-refractivity contribution in [2.45, 2.75) is 6.18 Å². The molecule has 2 rings (SSSR count). The standard InChI is InChI=1S/C16H14F3N3OS/c1-2-8-20-15(24)22-21-10-13-6-7-14(23-13)11-4-3-5-12(9-11)16(17,18)19/h2-7,9-10H,1,8H2,(H2,20,22,24)/b21-10-. The van der Waals surface area contributed by atoms with Gasteiger partial charge < -0.3 is 9.73 Å². The summed E-state index contributed by atoms with van der Waals surface area (Å²) < 4.78 is 43.7. The molecule has 8 heteroatoms. The van der Waals surface area contributed by atoms with E-state index in [1.54, 1.807) is 24.3 Å². The maximum atomic E-state index is 12.7. The lowest BCUT2D eigenvalue weighted by Gasteiger charge is -2.07. The predicted octanol–water partition coefficient (Wildman–Crippen LogP) is 3.95. The summed E-state index contributed by atoms with van der Waals surface area (Å²) in [6.45, 7) is 4.04. The molecule has 1 heterocycles. The van der Waals surface area contributed by atoms with Crippen LogP contribution in [0.5, 0.6) is 0 Å². The van der Waals surface area contributed by atoms with Gasteiger partial charge in [0.05, 0.1) is 11.8 Å². The summed E-state index contributed by atoms with van der Waals surface area (Å²) in [5.74, 6) is 0.691. The van der Waals surface area contributed by atoms with E-state index >= 15 is 0 Å². The number of rotatable bonds is 5. The normalized spacial score (nSPS) is 11.5. The van der Waals surface area contributed by atoms with Gasteiger partial charge in [0.2, 0.25) is 0 Å². The third-order valence-corrected chi connectivity index (χ3v) is 3.10. The molecule has 126 valence electrons. The summed E-state index contributed by atoms with van der Waals surface area (Å²) in [4.78, 5) is 0. The van der Waals surface area contributed by atoms with E-state index in [-0.39, 0.29) is 0 Å². The van der Waals surface area contributed by atoms with E-state index in [9.17, 15) is 13.2 Å². The lowest BCUT2D eigenvalue weighted by molar-refractivity contribution is -0.137. The van der Waals surface area contributed by atoms with Crippen LogP contribution in [0.1, 0.15) is 11.3 Å². The number of hydrazone groups is 1. The molecule has 0 spiro atoms. The largest absolute Gasteiger partial charge is 0.455 e. The van der Waals surface area contributed by atoms with Gasteiger partial charge in [-0.1, -0.05) is 18.2 Å². The van der Waals surface area contributed by atoms with Crippen LogP contribution in [0.2, 0.25) is 0 Å². The summed E-state index contributed by atoms with van der Waals surface area (Å²) in [7, 11) is 0. The van der Waals surface area contributed by atoms with Crippen molar-refractivity contribution in [3.8, 4) is 11.3 Å². The van der Waals surface area contributed by atoms with Crippen molar-refractivity contribution in [3.63, 3.8) is 0 Å². The third-order valence-electron chi connectivity index (χ3n) is 2.87. The van der Waals surface area contributed by atoms with Crippen LogP contribution in [0.4, 0.5) is 13.2 Å². The van der Waals surface area contributed by atoms with Gasteiger partial charge in [-0.25, -0.2) is 0 Å². The zero-order valence-electron chi connectivity index (χ0n) is 12.4. The first-order valence-electron chi connectivity index (χ1n) is 6.85. The molecule has 2 aromatic rings. The molecule has 2 N–H and O–H groups in total. The van der Waals surface area contributed by atoms with Crippen molar-refractivity contribution in [3.05, 3.63) is 60.4 Å². The van der Waals surface area contributed by atoms with Crippen molar-refractivity contribution in [1.82, 2.24) is 10.7 Å². The third kappa shape index (κ3) is 4.95. The highest BCUT2D eigenvalue weighted by Crippen LogP contribution is 2.32. The van der Waals surface area contributed by atoms with Crippen molar-refractivity contribution < 1.29 is 17.6 Å². The number of thiocarbonyl (C=S) groups is 1. The maximum absolute atomic E-state index is 12.7. The SMILES string of the molecule is C=CCNC(=S)N/N=C\c1ccc(-c2cccc(C(F)(F)F)c2)o1. The van der Waals surface area contributed by atoms with Crippen molar-refractivity contribution in [2.24, 2.45) is 5.10 Å². The summed E-state index contributed by atoms with van der Waals surface area (Å²) in [6.07, 6.45) is -1.38. The van der Waals surface area contributed by atoms with Crippen molar-refractivity contribution in [2.75, 3.05) is 6.54 Å². The number of hydrogen-bond acceptors (Lipinski definition) is 3. The Kier molecular flexibility index (Phi) is 5.75. The molecule has 0 aliphatic rings. The zero-order chi connectivity index (χ0) is 17.6. The highest BCUT2D eigenvalue weighted by molar-refractivity contribution is 7.80. The highest BCUT2D eigenvalue weighted by Gasteiger charge is 2.30. The fourth-order valence-corrected chi connectivity index (χ4v) is 1.92. The van der Waals surface area contributed by atoms with Crippen LogP contribution in [0.25, 0.3) is 11.3 Å². The molecule has 0 amide bonds. The van der Waals surface area contributed by atoms with Gasteiger partial charge in [-0.15, -0.1) is 6.58 Å². The van der Waals surface area contributed by atoms with Gasteiger partial charge >= 0.3 is 6.18 Å². The van der Waals surface area contributed by atoms with Crippen LogP contribution >= 0.6 is 12.2 Å². The van der Waals surface area contributed by atoms with E-state index in [4.69, 9.17) is 16.6 Å². The predicted molar refractivity (Wildman–Crippen MR) is 90.7 cm³/mol. The smallest absolute Gasteiger partial charge is 0.416 e. The molecule has 1 aromatic heterocycles. The van der Waals surface area contributed by atoms with E-state index in [2.05, 4.69) is 22.4 Å². The summed E-state index contributed by atoms with van der Waals surface area (Å²) in [5, 5.41) is 7.01. The average molecular weight is 353 g/mol. The van der Waals surface area contributed by atoms with E-state index in [0.29, 0.717) is 28.7 Å². The molecule has 0 bridgehead atoms. The molecule has 1 aromatic carbocycles. The Morgan fingerprint density at radius 3 is 2.79 bits per heavy atom. The topological polar surface area (TPSA) is 49.6 Å². The second kappa shape index (κ2) is 7.78. The molecule has 0 saturated carbocycles. The molecule has 0 radical (unpaired) electrons. The van der Waals surface area contributed by atoms with Crippen LogP contribution in [0.15, 0.2) is 58.6 Å². The van der Waals surface area contributed by atoms with E-state index in [0.717, 1.165) is 12.1 Å². The maximum Gasteiger partial charge on any atom is 0.416 e. The number of nitrogens with one attached hydrogen (secondary N) is 2. The second-order valence-electron chi connectivity index (χ2n) is 4.65. The van der Waals surface area contributed by atoms with Crippen LogP contribution in [-0.2, 0) is 6.18 Å². The lowest BCUT2D eigenvalue weighted by atomic mass is 10.1. The van der Waals surface area contributed by atoms with Crippen LogP contribution < -0.4 is 10.7 Å². The Bertz CT molecular complexity index is 753. The Hall–Kier alpha value is -2.61. The molecule has 4 nitrogen and oxygen atoms in total. The van der Waals surface area contributed by atoms with Gasteiger partial charge in [0.15, 0.2) is 5.11 Å². The Labute approximate surface area is 142 Å². The number of hydrogen-bond donors (Lipinski definition) is 2. The Morgan fingerprint density at radius 2 is 2.08 bits per heavy atom. The van der Waals surface area contributed by atoms with Crippen molar-refractivity contribution in [1.29, 1.82) is 0 Å². The molecule has 0 fully saturated rings. The summed E-state index contributed by atoms with van der Waals surface area (Å²) >= 11 is 4.94. The Balaban J connectivity index is 2.05. The van der Waals surface area contributed by atoms with Gasteiger partial charge in [-0.3, -0.25) is 5.43 Å². The lowest BCUT2D eigenvalue weighted by Crippen LogP contribution is -2.31. The van der Waals surface area contributed by atoms with Gasteiger partial charge in [-0.2, -0.15) is 18.3 Å². The first-order valence-corrected chi connectivity index (χ1v) is 7.26. The fraction of sp³-hybridized carbons (Fsp3) is 0.125. The first kappa shape index (κ1) is 17.7. The van der Waals surface area contributed by atoms with E-state index < -0.39 is 11.7 Å². The quantitative estimate of drug-likeness (QED) is 0.370. The number of furan rings is 1. The van der Waals surface area contributed by atoms with Crippen LogP contribution in [0, 0.1) is 0 Å². The first-order chi connectivity index (χ1) is 11.4. The minimum absolute atomic E-state index is 0.315. The van der Waals surface area contributed by atoms with Crippen molar-refractivity contribution >= 4 is 23.5 Å². The molecule has 0 unspecified atom stereocenters. The van der Waals surface area contributed by atoms with Gasteiger partial charge in [0, 0.05) is 12.1 Å². The van der Waals surface area contributed by atoms with E-state index in [1.807, 2.05) is 0 Å². The summed E-state index contributed by atoms with van der Waals surface area (Å²) in [5.41, 5.74) is 2.18.